The van der Waals surface area contributed by atoms with E-state index in [-0.39, 0.29) is 0 Å². The van der Waals surface area contributed by atoms with Crippen molar-refractivity contribution in [3.8, 4) is 5.75 Å². The lowest BCUT2D eigenvalue weighted by Gasteiger charge is -2.10. The summed E-state index contributed by atoms with van der Waals surface area (Å²) in [7, 11) is 0. The van der Waals surface area contributed by atoms with E-state index in [2.05, 4.69) is 0 Å². The van der Waals surface area contributed by atoms with Crippen molar-refractivity contribution < 1.29 is 14.6 Å². The number of rotatable bonds is 7. The minimum Gasteiger partial charge on any atom is -0.494 e. The number of carboxylic acid groups (broad SMARTS) is 1. The molecule has 1 heterocycles. The first-order chi connectivity index (χ1) is 10.1. The number of aryl methyl sites for hydroxylation is 2. The maximum absolute atomic E-state index is 11.1. The summed E-state index contributed by atoms with van der Waals surface area (Å²) in [5, 5.41) is 9.11. The molecule has 1 aromatic carbocycles. The third kappa shape index (κ3) is 3.88. The smallest absolute Gasteiger partial charge is 0.337 e. The summed E-state index contributed by atoms with van der Waals surface area (Å²) in [5.74, 6) is 0.0107. The minimum absolute atomic E-state index is 0.400. The molecule has 0 saturated carbocycles. The monoisotopic (exact) mass is 287 g/mol. The second-order valence-electron chi connectivity index (χ2n) is 5.04. The van der Waals surface area contributed by atoms with Crippen LogP contribution in [0.5, 0.6) is 5.75 Å². The molecule has 0 unspecified atom stereocenters. The van der Waals surface area contributed by atoms with E-state index < -0.39 is 5.97 Å². The van der Waals surface area contributed by atoms with Crippen LogP contribution in [0.25, 0.3) is 0 Å². The Hall–Kier alpha value is -2.23. The summed E-state index contributed by atoms with van der Waals surface area (Å²) in [6.07, 6.45) is 3.40. The molecular formula is C17H21NO3. The van der Waals surface area contributed by atoms with E-state index >= 15 is 0 Å². The number of nitrogens with zero attached hydrogens (tertiary/aromatic N) is 1. The van der Waals surface area contributed by atoms with Crippen LogP contribution in [-0.2, 0) is 13.0 Å². The summed E-state index contributed by atoms with van der Waals surface area (Å²) < 4.78 is 7.68. The number of ether oxygens (including phenoxy) is 1. The van der Waals surface area contributed by atoms with Crippen molar-refractivity contribution in [1.82, 2.24) is 4.57 Å². The van der Waals surface area contributed by atoms with Crippen LogP contribution in [0, 0.1) is 6.92 Å². The van der Waals surface area contributed by atoms with Gasteiger partial charge in [-0.15, -0.1) is 0 Å². The standard InChI is InChI=1S/C17H21NO3/c1-3-16-15(17(19)20)9-11-18(16)10-4-12-21-14-7-5-13(2)6-8-14/h5-9,11H,3-4,10,12H2,1-2H3,(H,19,20). The van der Waals surface area contributed by atoms with Crippen molar-refractivity contribution in [1.29, 1.82) is 0 Å². The highest BCUT2D eigenvalue weighted by molar-refractivity contribution is 5.89. The first kappa shape index (κ1) is 15.2. The Morgan fingerprint density at radius 1 is 1.24 bits per heavy atom. The molecule has 2 aromatic rings. The summed E-state index contributed by atoms with van der Waals surface area (Å²) in [6.45, 7) is 5.40. The predicted molar refractivity (Wildman–Crippen MR) is 82.1 cm³/mol. The van der Waals surface area contributed by atoms with E-state index in [1.165, 1.54) is 5.56 Å². The van der Waals surface area contributed by atoms with Crippen molar-refractivity contribution >= 4 is 5.97 Å². The molecular weight excluding hydrogens is 266 g/mol. The number of hydrogen-bond donors (Lipinski definition) is 1. The Morgan fingerprint density at radius 2 is 1.95 bits per heavy atom. The lowest BCUT2D eigenvalue weighted by atomic mass is 10.2. The van der Waals surface area contributed by atoms with Gasteiger partial charge in [-0.3, -0.25) is 0 Å². The minimum atomic E-state index is -0.860. The Morgan fingerprint density at radius 3 is 2.57 bits per heavy atom. The molecule has 0 fully saturated rings. The molecule has 4 heteroatoms. The lowest BCUT2D eigenvalue weighted by molar-refractivity contribution is 0.0695. The average Bonchev–Trinajstić information content (AvgIpc) is 2.88. The van der Waals surface area contributed by atoms with Gasteiger partial charge in [-0.25, -0.2) is 4.79 Å². The van der Waals surface area contributed by atoms with E-state index in [0.29, 0.717) is 18.6 Å². The Balaban J connectivity index is 1.86. The van der Waals surface area contributed by atoms with Gasteiger partial charge in [0.1, 0.15) is 5.75 Å². The molecule has 21 heavy (non-hydrogen) atoms. The van der Waals surface area contributed by atoms with Crippen LogP contribution in [0.2, 0.25) is 0 Å². The SMILES string of the molecule is CCc1c(C(=O)O)ccn1CCCOc1ccc(C)cc1. The second kappa shape index (κ2) is 6.97. The molecule has 0 aliphatic rings. The molecule has 0 amide bonds. The highest BCUT2D eigenvalue weighted by Crippen LogP contribution is 2.14. The number of aromatic carboxylic acids is 1. The van der Waals surface area contributed by atoms with Gasteiger partial charge in [0, 0.05) is 18.4 Å². The highest BCUT2D eigenvalue weighted by Gasteiger charge is 2.12. The summed E-state index contributed by atoms with van der Waals surface area (Å²) in [5.41, 5.74) is 2.48. The zero-order valence-corrected chi connectivity index (χ0v) is 12.5. The van der Waals surface area contributed by atoms with Crippen LogP contribution in [0.4, 0.5) is 0 Å². The van der Waals surface area contributed by atoms with Gasteiger partial charge in [0.15, 0.2) is 0 Å². The molecule has 0 spiro atoms. The van der Waals surface area contributed by atoms with Gasteiger partial charge in [-0.2, -0.15) is 0 Å². The number of hydrogen-bond acceptors (Lipinski definition) is 2. The summed E-state index contributed by atoms with van der Waals surface area (Å²) in [6, 6.07) is 9.64. The number of benzene rings is 1. The zero-order valence-electron chi connectivity index (χ0n) is 12.5. The van der Waals surface area contributed by atoms with Crippen LogP contribution >= 0.6 is 0 Å². The van der Waals surface area contributed by atoms with Crippen LogP contribution in [0.1, 0.15) is 35.0 Å². The van der Waals surface area contributed by atoms with Gasteiger partial charge in [-0.05, 0) is 38.0 Å². The largest absolute Gasteiger partial charge is 0.494 e. The van der Waals surface area contributed by atoms with Crippen molar-refractivity contribution in [2.45, 2.75) is 33.2 Å². The molecule has 0 radical (unpaired) electrons. The molecule has 4 nitrogen and oxygen atoms in total. The van der Waals surface area contributed by atoms with Gasteiger partial charge >= 0.3 is 5.97 Å². The molecule has 0 atom stereocenters. The van der Waals surface area contributed by atoms with Crippen molar-refractivity contribution in [3.63, 3.8) is 0 Å². The fourth-order valence-electron chi connectivity index (χ4n) is 2.36. The Kier molecular flexibility index (Phi) is 5.04. The maximum Gasteiger partial charge on any atom is 0.337 e. The molecule has 0 bridgehead atoms. The van der Waals surface area contributed by atoms with E-state index in [1.807, 2.05) is 48.9 Å². The number of carboxylic acids is 1. The highest BCUT2D eigenvalue weighted by atomic mass is 16.5. The van der Waals surface area contributed by atoms with Gasteiger partial charge in [0.05, 0.1) is 12.2 Å². The number of aromatic nitrogens is 1. The normalized spacial score (nSPS) is 10.6. The molecule has 0 saturated heterocycles. The fraction of sp³-hybridized carbons (Fsp3) is 0.353. The Labute approximate surface area is 125 Å². The van der Waals surface area contributed by atoms with Crippen LogP contribution in [0.15, 0.2) is 36.5 Å². The van der Waals surface area contributed by atoms with Crippen molar-refractivity contribution in [2.75, 3.05) is 6.61 Å². The fourth-order valence-corrected chi connectivity index (χ4v) is 2.36. The summed E-state index contributed by atoms with van der Waals surface area (Å²) in [4.78, 5) is 11.1. The van der Waals surface area contributed by atoms with Gasteiger partial charge < -0.3 is 14.4 Å². The van der Waals surface area contributed by atoms with E-state index in [0.717, 1.165) is 24.4 Å². The Bertz CT molecular complexity index is 599. The molecule has 0 aliphatic carbocycles. The maximum atomic E-state index is 11.1. The summed E-state index contributed by atoms with van der Waals surface area (Å²) >= 11 is 0. The predicted octanol–water partition coefficient (Wildman–Crippen LogP) is 3.53. The van der Waals surface area contributed by atoms with Gasteiger partial charge in [-0.1, -0.05) is 24.6 Å². The van der Waals surface area contributed by atoms with Crippen LogP contribution in [0.3, 0.4) is 0 Å². The molecule has 112 valence electrons. The van der Waals surface area contributed by atoms with Crippen LogP contribution in [-0.4, -0.2) is 22.2 Å². The van der Waals surface area contributed by atoms with E-state index in [4.69, 9.17) is 9.84 Å². The topological polar surface area (TPSA) is 51.5 Å². The van der Waals surface area contributed by atoms with Crippen molar-refractivity contribution in [2.24, 2.45) is 0 Å². The second-order valence-corrected chi connectivity index (χ2v) is 5.04. The third-order valence-electron chi connectivity index (χ3n) is 3.48. The van der Waals surface area contributed by atoms with E-state index in [1.54, 1.807) is 6.07 Å². The first-order valence-corrected chi connectivity index (χ1v) is 7.22. The van der Waals surface area contributed by atoms with Crippen LogP contribution < -0.4 is 4.74 Å². The molecule has 1 N–H and O–H groups in total. The van der Waals surface area contributed by atoms with Gasteiger partial charge in [0.2, 0.25) is 0 Å². The molecule has 1 aromatic heterocycles. The zero-order chi connectivity index (χ0) is 15.2. The van der Waals surface area contributed by atoms with Crippen molar-refractivity contribution in [3.05, 3.63) is 53.3 Å². The van der Waals surface area contributed by atoms with Gasteiger partial charge in [0.25, 0.3) is 0 Å². The molecule has 2 rings (SSSR count). The quantitative estimate of drug-likeness (QED) is 0.793. The average molecular weight is 287 g/mol. The molecule has 0 aliphatic heterocycles. The lowest BCUT2D eigenvalue weighted by Crippen LogP contribution is -2.08. The third-order valence-corrected chi connectivity index (χ3v) is 3.48. The first-order valence-electron chi connectivity index (χ1n) is 7.22. The van der Waals surface area contributed by atoms with E-state index in [9.17, 15) is 4.79 Å². The number of carbonyl (C=O) groups is 1.